The molecule has 6 nitrogen and oxygen atoms in total. The van der Waals surface area contributed by atoms with E-state index >= 15 is 0 Å². The van der Waals surface area contributed by atoms with Crippen LogP contribution in [0.4, 0.5) is 4.79 Å². The Kier molecular flexibility index (Phi) is 5.14. The van der Waals surface area contributed by atoms with E-state index in [0.29, 0.717) is 6.42 Å². The standard InChI is InChI=1S/C19H27NO5/c1-18(2,3)25-17(23)20-15-14(24-6)10-11-7-8-12(16(21)22)9-13(11)19(15,4)5/h7-9,14-15H,10H2,1-6H3,(H,20,23)(H,21,22). The van der Waals surface area contributed by atoms with Crippen LogP contribution in [0.3, 0.4) is 0 Å². The molecule has 0 bridgehead atoms. The number of methoxy groups -OCH3 is 1. The second kappa shape index (κ2) is 6.67. The molecule has 2 N–H and O–H groups in total. The third kappa shape index (κ3) is 4.12. The molecule has 25 heavy (non-hydrogen) atoms. The third-order valence-electron chi connectivity index (χ3n) is 4.60. The molecular weight excluding hydrogens is 322 g/mol. The molecule has 0 aromatic heterocycles. The maximum absolute atomic E-state index is 12.3. The zero-order valence-electron chi connectivity index (χ0n) is 15.7. The molecule has 2 atom stereocenters. The molecule has 1 amide bonds. The number of nitrogens with one attached hydrogen (secondary N) is 1. The van der Waals surface area contributed by atoms with E-state index in [0.717, 1.165) is 11.1 Å². The average molecular weight is 349 g/mol. The van der Waals surface area contributed by atoms with Gasteiger partial charge >= 0.3 is 12.1 Å². The van der Waals surface area contributed by atoms with Crippen molar-refractivity contribution in [1.29, 1.82) is 0 Å². The van der Waals surface area contributed by atoms with Gasteiger partial charge in [0.2, 0.25) is 0 Å². The van der Waals surface area contributed by atoms with E-state index in [4.69, 9.17) is 9.47 Å². The molecule has 0 heterocycles. The van der Waals surface area contributed by atoms with Crippen molar-refractivity contribution in [2.24, 2.45) is 0 Å². The topological polar surface area (TPSA) is 84.9 Å². The van der Waals surface area contributed by atoms with Gasteiger partial charge in [-0.1, -0.05) is 19.9 Å². The van der Waals surface area contributed by atoms with Crippen molar-refractivity contribution < 1.29 is 24.2 Å². The van der Waals surface area contributed by atoms with E-state index in [1.165, 1.54) is 0 Å². The smallest absolute Gasteiger partial charge is 0.407 e. The third-order valence-corrected chi connectivity index (χ3v) is 4.60. The van der Waals surface area contributed by atoms with E-state index in [1.54, 1.807) is 40.0 Å². The number of hydrogen-bond donors (Lipinski definition) is 2. The molecule has 0 spiro atoms. The fourth-order valence-corrected chi connectivity index (χ4v) is 3.38. The van der Waals surface area contributed by atoms with Crippen molar-refractivity contribution >= 4 is 12.1 Å². The summed E-state index contributed by atoms with van der Waals surface area (Å²) in [4.78, 5) is 23.6. The molecule has 0 radical (unpaired) electrons. The predicted octanol–water partition coefficient (Wildman–Crippen LogP) is 3.13. The van der Waals surface area contributed by atoms with Crippen LogP contribution < -0.4 is 5.32 Å². The Morgan fingerprint density at radius 2 is 1.92 bits per heavy atom. The monoisotopic (exact) mass is 349 g/mol. The molecule has 138 valence electrons. The summed E-state index contributed by atoms with van der Waals surface area (Å²) in [7, 11) is 1.61. The van der Waals surface area contributed by atoms with Crippen LogP contribution in [0.1, 0.15) is 56.1 Å². The summed E-state index contributed by atoms with van der Waals surface area (Å²) < 4.78 is 11.0. The number of carboxylic acid groups (broad SMARTS) is 1. The molecular formula is C19H27NO5. The Morgan fingerprint density at radius 3 is 2.44 bits per heavy atom. The number of fused-ring (bicyclic) bond motifs is 1. The van der Waals surface area contributed by atoms with E-state index in [9.17, 15) is 14.7 Å². The van der Waals surface area contributed by atoms with Crippen LogP contribution in [0.15, 0.2) is 18.2 Å². The highest BCUT2D eigenvalue weighted by molar-refractivity contribution is 5.88. The second-order valence-corrected chi connectivity index (χ2v) is 8.00. The lowest BCUT2D eigenvalue weighted by atomic mass is 9.67. The molecule has 0 aliphatic heterocycles. The van der Waals surface area contributed by atoms with Crippen LogP contribution in [-0.2, 0) is 21.3 Å². The van der Waals surface area contributed by atoms with Crippen molar-refractivity contribution in [3.63, 3.8) is 0 Å². The van der Waals surface area contributed by atoms with E-state index in [2.05, 4.69) is 5.32 Å². The number of carbonyl (C=O) groups excluding carboxylic acids is 1. The van der Waals surface area contributed by atoms with Gasteiger partial charge in [0.25, 0.3) is 0 Å². The molecule has 1 aromatic carbocycles. The summed E-state index contributed by atoms with van der Waals surface area (Å²) in [6.07, 6.45) is -0.147. The van der Waals surface area contributed by atoms with Crippen LogP contribution in [-0.4, -0.2) is 42.0 Å². The van der Waals surface area contributed by atoms with Crippen molar-refractivity contribution in [3.8, 4) is 0 Å². The first-order chi connectivity index (χ1) is 11.5. The maximum Gasteiger partial charge on any atom is 0.407 e. The summed E-state index contributed by atoms with van der Waals surface area (Å²) in [6.45, 7) is 9.37. The lowest BCUT2D eigenvalue weighted by Crippen LogP contribution is -2.58. The number of amides is 1. The number of carboxylic acids is 1. The van der Waals surface area contributed by atoms with E-state index < -0.39 is 23.1 Å². The van der Waals surface area contributed by atoms with Gasteiger partial charge in [-0.15, -0.1) is 0 Å². The average Bonchev–Trinajstić information content (AvgIpc) is 2.47. The predicted molar refractivity (Wildman–Crippen MR) is 94.1 cm³/mol. The highest BCUT2D eigenvalue weighted by Crippen LogP contribution is 2.39. The number of rotatable bonds is 3. The van der Waals surface area contributed by atoms with Crippen molar-refractivity contribution in [3.05, 3.63) is 34.9 Å². The Labute approximate surface area is 148 Å². The van der Waals surface area contributed by atoms with Crippen LogP contribution in [0.2, 0.25) is 0 Å². The van der Waals surface area contributed by atoms with Crippen LogP contribution in [0.25, 0.3) is 0 Å². The SMILES string of the molecule is COC1Cc2ccc(C(=O)O)cc2C(C)(C)C1NC(=O)OC(C)(C)C. The van der Waals surface area contributed by atoms with Gasteiger partial charge in [0.05, 0.1) is 17.7 Å². The van der Waals surface area contributed by atoms with Gasteiger partial charge in [-0.2, -0.15) is 0 Å². The first-order valence-corrected chi connectivity index (χ1v) is 8.34. The minimum atomic E-state index is -0.968. The van der Waals surface area contributed by atoms with Gasteiger partial charge in [0.1, 0.15) is 5.60 Å². The Balaban J connectivity index is 2.38. The Morgan fingerprint density at radius 1 is 1.28 bits per heavy atom. The van der Waals surface area contributed by atoms with Gasteiger partial charge in [-0.05, 0) is 44.0 Å². The Hall–Kier alpha value is -2.08. The summed E-state index contributed by atoms with van der Waals surface area (Å²) in [6, 6.07) is 4.78. The number of benzene rings is 1. The highest BCUT2D eigenvalue weighted by atomic mass is 16.6. The largest absolute Gasteiger partial charge is 0.478 e. The fraction of sp³-hybridized carbons (Fsp3) is 0.579. The van der Waals surface area contributed by atoms with Gasteiger partial charge in [-0.3, -0.25) is 0 Å². The maximum atomic E-state index is 12.3. The quantitative estimate of drug-likeness (QED) is 0.876. The molecule has 0 saturated carbocycles. The summed E-state index contributed by atoms with van der Waals surface area (Å²) in [5, 5.41) is 12.2. The minimum absolute atomic E-state index is 0.231. The summed E-state index contributed by atoms with van der Waals surface area (Å²) in [5.74, 6) is -0.968. The zero-order chi connectivity index (χ0) is 19.0. The Bertz CT molecular complexity index is 675. The van der Waals surface area contributed by atoms with Gasteiger partial charge in [0.15, 0.2) is 0 Å². The zero-order valence-corrected chi connectivity index (χ0v) is 15.7. The number of ether oxygens (including phenoxy) is 2. The molecule has 2 unspecified atom stereocenters. The van der Waals surface area contributed by atoms with Crippen LogP contribution in [0.5, 0.6) is 0 Å². The first kappa shape index (κ1) is 19.2. The first-order valence-electron chi connectivity index (χ1n) is 8.34. The molecule has 1 aromatic rings. The summed E-state index contributed by atoms with van der Waals surface area (Å²) >= 11 is 0. The highest BCUT2D eigenvalue weighted by Gasteiger charge is 2.44. The van der Waals surface area contributed by atoms with Gasteiger partial charge < -0.3 is 19.9 Å². The normalized spacial score (nSPS) is 22.0. The molecule has 6 heteroatoms. The van der Waals surface area contributed by atoms with E-state index in [-0.39, 0.29) is 17.7 Å². The van der Waals surface area contributed by atoms with Crippen LogP contribution >= 0.6 is 0 Å². The van der Waals surface area contributed by atoms with Crippen molar-refractivity contribution in [2.45, 2.75) is 64.2 Å². The van der Waals surface area contributed by atoms with Gasteiger partial charge in [-0.25, -0.2) is 9.59 Å². The lowest BCUT2D eigenvalue weighted by molar-refractivity contribution is 0.0156. The minimum Gasteiger partial charge on any atom is -0.478 e. The molecule has 0 saturated heterocycles. The molecule has 0 fully saturated rings. The molecule has 2 rings (SSSR count). The fourth-order valence-electron chi connectivity index (χ4n) is 3.38. The van der Waals surface area contributed by atoms with Gasteiger partial charge in [0, 0.05) is 18.9 Å². The molecule has 1 aliphatic carbocycles. The van der Waals surface area contributed by atoms with Crippen molar-refractivity contribution in [1.82, 2.24) is 5.32 Å². The number of hydrogen-bond acceptors (Lipinski definition) is 4. The summed E-state index contributed by atoms with van der Waals surface area (Å²) in [5.41, 5.74) is 1.06. The molecule has 1 aliphatic rings. The lowest BCUT2D eigenvalue weighted by Gasteiger charge is -2.45. The number of carbonyl (C=O) groups is 2. The number of aromatic carboxylic acids is 1. The second-order valence-electron chi connectivity index (χ2n) is 8.00. The number of alkyl carbamates (subject to hydrolysis) is 1. The van der Waals surface area contributed by atoms with E-state index in [1.807, 2.05) is 19.9 Å². The van der Waals surface area contributed by atoms with Crippen molar-refractivity contribution in [2.75, 3.05) is 7.11 Å². The van der Waals surface area contributed by atoms with Crippen LogP contribution in [0, 0.1) is 0 Å².